The lowest BCUT2D eigenvalue weighted by atomic mass is 10.0. The van der Waals surface area contributed by atoms with Crippen LogP contribution in [0.25, 0.3) is 11.6 Å². The van der Waals surface area contributed by atoms with Gasteiger partial charge in [-0.05, 0) is 50.3 Å². The van der Waals surface area contributed by atoms with Crippen molar-refractivity contribution in [1.82, 2.24) is 4.57 Å². The Balaban J connectivity index is 1.79. The molecule has 0 fully saturated rings. The molecule has 0 atom stereocenters. The maximum Gasteiger partial charge on any atom is 0.335 e. The number of para-hydroxylation sites is 1. The van der Waals surface area contributed by atoms with Gasteiger partial charge in [0.1, 0.15) is 0 Å². The topological polar surface area (TPSA) is 87.2 Å². The molecule has 0 aliphatic carbocycles. The van der Waals surface area contributed by atoms with E-state index in [1.807, 2.05) is 44.2 Å². The number of benzene rings is 2. The largest absolute Gasteiger partial charge is 0.493 e. The summed E-state index contributed by atoms with van der Waals surface area (Å²) in [5, 5.41) is 19.8. The van der Waals surface area contributed by atoms with Gasteiger partial charge < -0.3 is 10.2 Å². The van der Waals surface area contributed by atoms with Crippen LogP contribution in [0.2, 0.25) is 0 Å². The lowest BCUT2D eigenvalue weighted by Crippen LogP contribution is -2.12. The fourth-order valence-corrected chi connectivity index (χ4v) is 4.27. The first-order chi connectivity index (χ1) is 14.0. The van der Waals surface area contributed by atoms with Gasteiger partial charge in [0.05, 0.1) is 21.8 Å². The number of carboxylic acids is 1. The molecule has 4 rings (SSSR count). The number of rotatable bonds is 4. The van der Waals surface area contributed by atoms with E-state index in [0.717, 1.165) is 22.5 Å². The molecule has 1 aliphatic heterocycles. The lowest BCUT2D eigenvalue weighted by Gasteiger charge is -2.02. The summed E-state index contributed by atoms with van der Waals surface area (Å²) in [6.45, 7) is 4.45. The Morgan fingerprint density at radius 2 is 1.93 bits per heavy atom. The van der Waals surface area contributed by atoms with E-state index < -0.39 is 5.97 Å². The van der Waals surface area contributed by atoms with E-state index >= 15 is 0 Å². The van der Waals surface area contributed by atoms with Crippen molar-refractivity contribution in [3.05, 3.63) is 69.3 Å². The molecule has 0 unspecified atom stereocenters. The molecule has 2 heterocycles. The summed E-state index contributed by atoms with van der Waals surface area (Å²) in [4.78, 5) is 21.6. The number of aromatic carboxylic acids is 1. The van der Waals surface area contributed by atoms with Gasteiger partial charge in [-0.2, -0.15) is 0 Å². The Bertz CT molecular complexity index is 1230. The number of aliphatic imine (C=N–C) groups is 1. The molecule has 6 nitrogen and oxygen atoms in total. The Kier molecular flexibility index (Phi) is 4.90. The fourth-order valence-electron chi connectivity index (χ4n) is 3.22. The van der Waals surface area contributed by atoms with Gasteiger partial charge in [-0.15, -0.1) is 0 Å². The Morgan fingerprint density at radius 1 is 1.21 bits per heavy atom. The van der Waals surface area contributed by atoms with Crippen LogP contribution in [0.4, 0.5) is 11.4 Å². The highest BCUT2D eigenvalue weighted by molar-refractivity contribution is 7.10. The van der Waals surface area contributed by atoms with Crippen molar-refractivity contribution in [2.75, 3.05) is 0 Å². The second-order valence-corrected chi connectivity index (χ2v) is 7.56. The standard InChI is InChI=1S/C22H19N3O3S/c1-3-25-20(26)19(12-17-13(2)23-18-7-5-4-6-16(17)18)29-22(25)24-15-10-8-14(9-11-15)21(27)28/h4-12,26H,3H2,1-2H3,(H,27,28). The molecule has 0 spiro atoms. The first-order valence-electron chi connectivity index (χ1n) is 9.15. The summed E-state index contributed by atoms with van der Waals surface area (Å²) < 4.78 is 1.73. The number of hydrogen-bond acceptors (Lipinski definition) is 5. The zero-order chi connectivity index (χ0) is 20.5. The molecule has 1 aliphatic rings. The van der Waals surface area contributed by atoms with Crippen LogP contribution in [0.15, 0.2) is 58.5 Å². The predicted molar refractivity (Wildman–Crippen MR) is 115 cm³/mol. The van der Waals surface area contributed by atoms with Crippen LogP contribution < -0.4 is 4.80 Å². The highest BCUT2D eigenvalue weighted by atomic mass is 32.1. The number of allylic oxidation sites excluding steroid dienone is 1. The molecular formula is C22H19N3O3S. The van der Waals surface area contributed by atoms with Crippen LogP contribution in [-0.4, -0.2) is 26.5 Å². The van der Waals surface area contributed by atoms with Crippen LogP contribution in [-0.2, 0) is 6.54 Å². The van der Waals surface area contributed by atoms with E-state index in [1.54, 1.807) is 16.7 Å². The molecule has 0 amide bonds. The first kappa shape index (κ1) is 18.9. The molecular weight excluding hydrogens is 386 g/mol. The second kappa shape index (κ2) is 7.52. The van der Waals surface area contributed by atoms with E-state index in [9.17, 15) is 9.90 Å². The van der Waals surface area contributed by atoms with Gasteiger partial charge in [-0.3, -0.25) is 9.56 Å². The predicted octanol–water partition coefficient (Wildman–Crippen LogP) is 4.85. The number of hydrogen-bond donors (Lipinski definition) is 2. The minimum atomic E-state index is -0.975. The molecule has 2 aromatic carbocycles. The Hall–Kier alpha value is -3.45. The summed E-state index contributed by atoms with van der Waals surface area (Å²) in [6.07, 6.45) is 1.95. The van der Waals surface area contributed by atoms with Crippen molar-refractivity contribution in [3.63, 3.8) is 0 Å². The van der Waals surface area contributed by atoms with Crippen molar-refractivity contribution < 1.29 is 15.0 Å². The first-order valence-corrected chi connectivity index (χ1v) is 9.97. The molecule has 1 aromatic heterocycles. The average molecular weight is 405 g/mol. The van der Waals surface area contributed by atoms with E-state index in [-0.39, 0.29) is 11.4 Å². The second-order valence-electron chi connectivity index (χ2n) is 6.55. The quantitative estimate of drug-likeness (QED) is 0.650. The van der Waals surface area contributed by atoms with Crippen LogP contribution in [0.3, 0.4) is 0 Å². The summed E-state index contributed by atoms with van der Waals surface area (Å²) in [6, 6.07) is 14.3. The molecule has 0 saturated carbocycles. The van der Waals surface area contributed by atoms with E-state index in [2.05, 4.69) is 9.98 Å². The minimum Gasteiger partial charge on any atom is -0.493 e. The number of thiazole rings is 1. The van der Waals surface area contributed by atoms with Gasteiger partial charge in [-0.1, -0.05) is 29.5 Å². The lowest BCUT2D eigenvalue weighted by molar-refractivity contribution is 0.0697. The van der Waals surface area contributed by atoms with Gasteiger partial charge in [0, 0.05) is 23.4 Å². The van der Waals surface area contributed by atoms with Gasteiger partial charge >= 0.3 is 5.97 Å². The van der Waals surface area contributed by atoms with E-state index in [4.69, 9.17) is 5.11 Å². The van der Waals surface area contributed by atoms with Gasteiger partial charge in [0.25, 0.3) is 0 Å². The zero-order valence-corrected chi connectivity index (χ0v) is 16.8. The number of carbonyl (C=O) groups is 1. The highest BCUT2D eigenvalue weighted by Crippen LogP contribution is 2.37. The van der Waals surface area contributed by atoms with E-state index in [1.165, 1.54) is 23.5 Å². The average Bonchev–Trinajstić information content (AvgIpc) is 3.18. The zero-order valence-electron chi connectivity index (χ0n) is 16.0. The van der Waals surface area contributed by atoms with Crippen molar-refractivity contribution in [2.45, 2.75) is 20.4 Å². The monoisotopic (exact) mass is 405 g/mol. The fraction of sp³-hybridized carbons (Fsp3) is 0.136. The molecule has 146 valence electrons. The van der Waals surface area contributed by atoms with Crippen LogP contribution in [0.1, 0.15) is 34.6 Å². The van der Waals surface area contributed by atoms with Crippen LogP contribution >= 0.6 is 11.3 Å². The molecule has 7 heteroatoms. The maximum absolute atomic E-state index is 11.0. The summed E-state index contributed by atoms with van der Waals surface area (Å²) >= 11 is 1.38. The molecule has 3 aromatic rings. The molecule has 0 saturated heterocycles. The van der Waals surface area contributed by atoms with Crippen molar-refractivity contribution in [1.29, 1.82) is 0 Å². The summed E-state index contributed by atoms with van der Waals surface area (Å²) in [5.74, 6) is -0.820. The van der Waals surface area contributed by atoms with Crippen LogP contribution in [0.5, 0.6) is 5.88 Å². The number of carboxylic acid groups (broad SMARTS) is 1. The van der Waals surface area contributed by atoms with E-state index in [0.29, 0.717) is 21.9 Å². The molecule has 0 radical (unpaired) electrons. The number of fused-ring (bicyclic) bond motifs is 1. The Labute approximate surface area is 171 Å². The molecule has 0 bridgehead atoms. The summed E-state index contributed by atoms with van der Waals surface area (Å²) in [7, 11) is 0. The van der Waals surface area contributed by atoms with Gasteiger partial charge in [-0.25, -0.2) is 9.79 Å². The number of nitrogens with zero attached hydrogens (tertiary/aromatic N) is 3. The summed E-state index contributed by atoms with van der Waals surface area (Å²) in [5.41, 5.74) is 4.70. The third-order valence-corrected chi connectivity index (χ3v) is 5.73. The maximum atomic E-state index is 11.0. The third-order valence-electron chi connectivity index (χ3n) is 4.71. The highest BCUT2D eigenvalue weighted by Gasteiger charge is 2.19. The Morgan fingerprint density at radius 3 is 2.62 bits per heavy atom. The minimum absolute atomic E-state index is 0.156. The van der Waals surface area contributed by atoms with Crippen molar-refractivity contribution in [2.24, 2.45) is 9.98 Å². The smallest absolute Gasteiger partial charge is 0.335 e. The SMILES string of the molecule is CCn1c(O)c(C=C2C(C)=Nc3ccccc32)sc1=Nc1ccc(C(=O)O)cc1. The number of aromatic hydroxyl groups is 1. The molecule has 29 heavy (non-hydrogen) atoms. The van der Waals surface area contributed by atoms with Gasteiger partial charge in [0.15, 0.2) is 4.80 Å². The van der Waals surface area contributed by atoms with Crippen molar-refractivity contribution >= 4 is 46.0 Å². The van der Waals surface area contributed by atoms with Crippen LogP contribution in [0, 0.1) is 0 Å². The third kappa shape index (κ3) is 3.52. The van der Waals surface area contributed by atoms with Crippen molar-refractivity contribution in [3.8, 4) is 5.88 Å². The van der Waals surface area contributed by atoms with Gasteiger partial charge in [0.2, 0.25) is 5.88 Å². The number of aromatic nitrogens is 1. The normalized spacial score (nSPS) is 14.9. The molecule has 2 N–H and O–H groups in total.